The SMILES string of the molecule is CC=CCC(C)Br. The van der Waals surface area contributed by atoms with Crippen LogP contribution in [0.1, 0.15) is 20.3 Å². The summed E-state index contributed by atoms with van der Waals surface area (Å²) in [5.74, 6) is 0. The third kappa shape index (κ3) is 6.22. The van der Waals surface area contributed by atoms with Gasteiger partial charge >= 0.3 is 0 Å². The molecule has 0 amide bonds. The van der Waals surface area contributed by atoms with Crippen molar-refractivity contribution in [3.05, 3.63) is 12.2 Å². The molecule has 1 unspecified atom stereocenters. The normalized spacial score (nSPS) is 15.3. The lowest BCUT2D eigenvalue weighted by molar-refractivity contribution is 0.998. The van der Waals surface area contributed by atoms with Gasteiger partial charge in [-0.05, 0) is 13.3 Å². The molecule has 0 saturated carbocycles. The lowest BCUT2D eigenvalue weighted by atomic mass is 10.3. The van der Waals surface area contributed by atoms with E-state index in [1.165, 1.54) is 0 Å². The first-order valence-electron chi connectivity index (χ1n) is 2.52. The Kier molecular flexibility index (Phi) is 4.52. The largest absolute Gasteiger partial charge is 0.0916 e. The lowest BCUT2D eigenvalue weighted by Gasteiger charge is -1.91. The summed E-state index contributed by atoms with van der Waals surface area (Å²) in [5.41, 5.74) is 0. The maximum absolute atomic E-state index is 3.42. The standard InChI is InChI=1S/C6H11Br/c1-3-4-5-6(2)7/h3-4,6H,5H2,1-2H3. The van der Waals surface area contributed by atoms with E-state index < -0.39 is 0 Å². The van der Waals surface area contributed by atoms with Gasteiger partial charge in [0.25, 0.3) is 0 Å². The van der Waals surface area contributed by atoms with Crippen molar-refractivity contribution in [1.29, 1.82) is 0 Å². The minimum atomic E-state index is 0.628. The predicted octanol–water partition coefficient (Wildman–Crippen LogP) is 2.74. The zero-order valence-corrected chi connectivity index (χ0v) is 6.40. The fourth-order valence-corrected chi connectivity index (χ4v) is 0.539. The molecule has 0 rings (SSSR count). The molecule has 42 valence electrons. The van der Waals surface area contributed by atoms with Gasteiger partial charge in [-0.3, -0.25) is 0 Å². The first-order valence-corrected chi connectivity index (χ1v) is 3.44. The average Bonchev–Trinajstić information content (AvgIpc) is 1.61. The molecule has 0 nitrogen and oxygen atoms in total. The Hall–Kier alpha value is 0.220. The van der Waals surface area contributed by atoms with Gasteiger partial charge in [0.1, 0.15) is 0 Å². The van der Waals surface area contributed by atoms with E-state index in [2.05, 4.69) is 35.0 Å². The Morgan fingerprint density at radius 2 is 2.29 bits per heavy atom. The number of hydrogen-bond acceptors (Lipinski definition) is 0. The topological polar surface area (TPSA) is 0 Å². The highest BCUT2D eigenvalue weighted by molar-refractivity contribution is 9.09. The third-order valence-corrected chi connectivity index (χ3v) is 1.07. The fraction of sp³-hybridized carbons (Fsp3) is 0.667. The van der Waals surface area contributed by atoms with E-state index in [0.29, 0.717) is 4.83 Å². The molecule has 0 aromatic carbocycles. The molecule has 0 aliphatic heterocycles. The van der Waals surface area contributed by atoms with E-state index in [-0.39, 0.29) is 0 Å². The minimum Gasteiger partial charge on any atom is -0.0916 e. The predicted molar refractivity (Wildman–Crippen MR) is 37.8 cm³/mol. The van der Waals surface area contributed by atoms with Crippen molar-refractivity contribution >= 4 is 15.9 Å². The Balaban J connectivity index is 2.97. The van der Waals surface area contributed by atoms with Crippen LogP contribution in [-0.4, -0.2) is 4.83 Å². The van der Waals surface area contributed by atoms with Crippen LogP contribution in [0.15, 0.2) is 12.2 Å². The average molecular weight is 163 g/mol. The van der Waals surface area contributed by atoms with E-state index >= 15 is 0 Å². The molecule has 0 aliphatic carbocycles. The first kappa shape index (κ1) is 7.22. The van der Waals surface area contributed by atoms with Crippen LogP contribution in [0.2, 0.25) is 0 Å². The molecule has 0 N–H and O–H groups in total. The Morgan fingerprint density at radius 1 is 1.71 bits per heavy atom. The molecule has 0 radical (unpaired) electrons. The van der Waals surface area contributed by atoms with Gasteiger partial charge in [-0.15, -0.1) is 0 Å². The second-order valence-corrected chi connectivity index (χ2v) is 3.15. The van der Waals surface area contributed by atoms with Crippen LogP contribution in [0.3, 0.4) is 0 Å². The van der Waals surface area contributed by atoms with Crippen LogP contribution in [0.4, 0.5) is 0 Å². The smallest absolute Gasteiger partial charge is 0.0152 e. The Bertz CT molecular complexity index is 55.2. The molecule has 0 bridgehead atoms. The Morgan fingerprint density at radius 3 is 2.43 bits per heavy atom. The zero-order chi connectivity index (χ0) is 5.70. The highest BCUT2D eigenvalue weighted by atomic mass is 79.9. The maximum atomic E-state index is 3.42. The molecule has 0 saturated heterocycles. The van der Waals surface area contributed by atoms with Crippen LogP contribution in [0, 0.1) is 0 Å². The van der Waals surface area contributed by atoms with Gasteiger partial charge < -0.3 is 0 Å². The maximum Gasteiger partial charge on any atom is 0.0152 e. The summed E-state index contributed by atoms with van der Waals surface area (Å²) in [6.07, 6.45) is 5.35. The first-order chi connectivity index (χ1) is 3.27. The molecule has 1 atom stereocenters. The molecule has 0 aromatic rings. The number of alkyl halides is 1. The van der Waals surface area contributed by atoms with Crippen molar-refractivity contribution in [2.45, 2.75) is 25.1 Å². The highest BCUT2D eigenvalue weighted by Gasteiger charge is 1.86. The molecule has 0 spiro atoms. The van der Waals surface area contributed by atoms with Crippen LogP contribution in [0.25, 0.3) is 0 Å². The van der Waals surface area contributed by atoms with Crippen molar-refractivity contribution in [2.75, 3.05) is 0 Å². The second kappa shape index (κ2) is 4.38. The highest BCUT2D eigenvalue weighted by Crippen LogP contribution is 2.02. The fourth-order valence-electron chi connectivity index (χ4n) is 0.324. The summed E-state index contributed by atoms with van der Waals surface area (Å²) in [7, 11) is 0. The summed E-state index contributed by atoms with van der Waals surface area (Å²) < 4.78 is 0. The molecule has 0 aliphatic rings. The number of hydrogen-bond donors (Lipinski definition) is 0. The van der Waals surface area contributed by atoms with Gasteiger partial charge in [-0.2, -0.15) is 0 Å². The minimum absolute atomic E-state index is 0.628. The van der Waals surface area contributed by atoms with E-state index in [1.54, 1.807) is 0 Å². The van der Waals surface area contributed by atoms with Gasteiger partial charge in [0.15, 0.2) is 0 Å². The summed E-state index contributed by atoms with van der Waals surface area (Å²) in [5, 5.41) is 0. The second-order valence-electron chi connectivity index (χ2n) is 1.59. The van der Waals surface area contributed by atoms with Gasteiger partial charge in [-0.1, -0.05) is 35.0 Å². The summed E-state index contributed by atoms with van der Waals surface area (Å²) in [6.45, 7) is 4.18. The summed E-state index contributed by atoms with van der Waals surface area (Å²) in [4.78, 5) is 0.628. The molecule has 0 aromatic heterocycles. The number of halogens is 1. The van der Waals surface area contributed by atoms with Gasteiger partial charge in [0.05, 0.1) is 0 Å². The Labute approximate surface area is 53.7 Å². The number of allylic oxidation sites excluding steroid dienone is 2. The molecule has 0 heterocycles. The van der Waals surface area contributed by atoms with Crippen molar-refractivity contribution in [1.82, 2.24) is 0 Å². The van der Waals surface area contributed by atoms with Crippen LogP contribution in [0.5, 0.6) is 0 Å². The molecular formula is C6H11Br. The van der Waals surface area contributed by atoms with Crippen LogP contribution in [-0.2, 0) is 0 Å². The van der Waals surface area contributed by atoms with E-state index in [9.17, 15) is 0 Å². The van der Waals surface area contributed by atoms with Crippen molar-refractivity contribution in [3.63, 3.8) is 0 Å². The molecule has 0 fully saturated rings. The molecular weight excluding hydrogens is 152 g/mol. The van der Waals surface area contributed by atoms with Crippen LogP contribution >= 0.6 is 15.9 Å². The van der Waals surface area contributed by atoms with Gasteiger partial charge in [0, 0.05) is 4.83 Å². The van der Waals surface area contributed by atoms with Gasteiger partial charge in [0.2, 0.25) is 0 Å². The van der Waals surface area contributed by atoms with Crippen molar-refractivity contribution in [3.8, 4) is 0 Å². The van der Waals surface area contributed by atoms with E-state index in [4.69, 9.17) is 0 Å². The van der Waals surface area contributed by atoms with Gasteiger partial charge in [-0.25, -0.2) is 0 Å². The van der Waals surface area contributed by atoms with Crippen LogP contribution < -0.4 is 0 Å². The number of rotatable bonds is 2. The van der Waals surface area contributed by atoms with E-state index in [1.807, 2.05) is 6.92 Å². The third-order valence-electron chi connectivity index (χ3n) is 0.697. The van der Waals surface area contributed by atoms with E-state index in [0.717, 1.165) is 6.42 Å². The molecule has 1 heteroatoms. The molecule has 7 heavy (non-hydrogen) atoms. The quantitative estimate of drug-likeness (QED) is 0.433. The zero-order valence-electron chi connectivity index (χ0n) is 4.82. The summed E-state index contributed by atoms with van der Waals surface area (Å²) in [6, 6.07) is 0. The van der Waals surface area contributed by atoms with Crippen molar-refractivity contribution < 1.29 is 0 Å². The lowest BCUT2D eigenvalue weighted by Crippen LogP contribution is -1.82. The summed E-state index contributed by atoms with van der Waals surface area (Å²) >= 11 is 3.42. The van der Waals surface area contributed by atoms with Crippen molar-refractivity contribution in [2.24, 2.45) is 0 Å². The monoisotopic (exact) mass is 162 g/mol.